The number of thiocarbonyl (C=S) groups is 1. The van der Waals surface area contributed by atoms with Crippen LogP contribution in [0.2, 0.25) is 0 Å². The summed E-state index contributed by atoms with van der Waals surface area (Å²) in [5, 5.41) is 14.9. The second kappa shape index (κ2) is 6.85. The topological polar surface area (TPSA) is 61.4 Å². The van der Waals surface area contributed by atoms with Crippen LogP contribution in [0.3, 0.4) is 0 Å². The minimum Gasteiger partial charge on any atom is -0.508 e. The number of nitrogens with one attached hydrogen (secondary N) is 2. The summed E-state index contributed by atoms with van der Waals surface area (Å²) in [7, 11) is 0. The van der Waals surface area contributed by atoms with E-state index in [0.29, 0.717) is 10.7 Å². The molecule has 3 N–H and O–H groups in total. The van der Waals surface area contributed by atoms with Crippen molar-refractivity contribution in [1.82, 2.24) is 10.6 Å². The molecule has 0 radical (unpaired) electrons. The lowest BCUT2D eigenvalue weighted by atomic mass is 10.2. The van der Waals surface area contributed by atoms with Gasteiger partial charge in [0.2, 0.25) is 0 Å². The van der Waals surface area contributed by atoms with Crippen molar-refractivity contribution in [3.05, 3.63) is 29.8 Å². The van der Waals surface area contributed by atoms with Gasteiger partial charge in [-0.1, -0.05) is 13.3 Å². The summed E-state index contributed by atoms with van der Waals surface area (Å²) in [6.07, 6.45) is 2.08. The number of hydrogen-bond donors (Lipinski definition) is 3. The highest BCUT2D eigenvalue weighted by Gasteiger charge is 2.06. The van der Waals surface area contributed by atoms with Crippen molar-refractivity contribution in [3.63, 3.8) is 0 Å². The Morgan fingerprint density at radius 1 is 1.35 bits per heavy atom. The minimum absolute atomic E-state index is 0.130. The molecule has 0 fully saturated rings. The number of carbonyl (C=O) groups excluding carboxylic acids is 1. The molecule has 0 aliphatic carbocycles. The normalized spacial score (nSPS) is 9.71. The summed E-state index contributed by atoms with van der Waals surface area (Å²) < 4.78 is 0. The standard InChI is InChI=1S/C12H16N2O2S/c1-2-3-8-13-12(17)14-11(16)9-4-6-10(15)7-5-9/h4-7,15H,2-3,8H2,1H3,(H2,13,14,16,17). The average Bonchev–Trinajstić information content (AvgIpc) is 2.30. The van der Waals surface area contributed by atoms with Gasteiger partial charge in [0.15, 0.2) is 5.11 Å². The number of phenols is 1. The van der Waals surface area contributed by atoms with Crippen LogP contribution in [-0.2, 0) is 0 Å². The zero-order chi connectivity index (χ0) is 12.7. The minimum atomic E-state index is -0.279. The van der Waals surface area contributed by atoms with Gasteiger partial charge in [-0.05, 0) is 42.9 Å². The fraction of sp³-hybridized carbons (Fsp3) is 0.333. The molecule has 0 saturated heterocycles. The predicted molar refractivity (Wildman–Crippen MR) is 71.1 cm³/mol. The van der Waals surface area contributed by atoms with Crippen LogP contribution < -0.4 is 10.6 Å². The molecule has 0 aliphatic rings. The number of benzene rings is 1. The molecule has 1 rings (SSSR count). The summed E-state index contributed by atoms with van der Waals surface area (Å²) >= 11 is 4.98. The smallest absolute Gasteiger partial charge is 0.257 e. The van der Waals surface area contributed by atoms with E-state index in [1.54, 1.807) is 12.1 Å². The SMILES string of the molecule is CCCCNC(=S)NC(=O)c1ccc(O)cc1. The molecule has 5 heteroatoms. The van der Waals surface area contributed by atoms with E-state index in [4.69, 9.17) is 17.3 Å². The number of carbonyl (C=O) groups is 1. The molecular formula is C12H16N2O2S. The Morgan fingerprint density at radius 2 is 2.00 bits per heavy atom. The van der Waals surface area contributed by atoms with Crippen LogP contribution in [0.25, 0.3) is 0 Å². The van der Waals surface area contributed by atoms with Crippen LogP contribution in [-0.4, -0.2) is 22.7 Å². The molecular weight excluding hydrogens is 236 g/mol. The molecule has 1 amide bonds. The number of hydrogen-bond acceptors (Lipinski definition) is 3. The van der Waals surface area contributed by atoms with Crippen molar-refractivity contribution < 1.29 is 9.90 Å². The zero-order valence-electron chi connectivity index (χ0n) is 9.69. The molecule has 0 unspecified atom stereocenters. The molecule has 0 aliphatic heterocycles. The van der Waals surface area contributed by atoms with E-state index in [2.05, 4.69) is 17.6 Å². The fourth-order valence-corrected chi connectivity index (χ4v) is 1.41. The largest absolute Gasteiger partial charge is 0.508 e. The van der Waals surface area contributed by atoms with Gasteiger partial charge < -0.3 is 10.4 Å². The maximum absolute atomic E-state index is 11.7. The first-order chi connectivity index (χ1) is 8.13. The summed E-state index contributed by atoms with van der Waals surface area (Å²) in [4.78, 5) is 11.7. The molecule has 0 atom stereocenters. The Labute approximate surface area is 106 Å². The third-order valence-corrected chi connectivity index (χ3v) is 2.42. The van der Waals surface area contributed by atoms with Crippen LogP contribution in [0.4, 0.5) is 0 Å². The highest BCUT2D eigenvalue weighted by molar-refractivity contribution is 7.80. The molecule has 0 heterocycles. The van der Waals surface area contributed by atoms with Gasteiger partial charge in [0.05, 0.1) is 0 Å². The molecule has 4 nitrogen and oxygen atoms in total. The lowest BCUT2D eigenvalue weighted by Crippen LogP contribution is -2.39. The quantitative estimate of drug-likeness (QED) is 0.565. The Bertz CT molecular complexity index is 390. The summed E-state index contributed by atoms with van der Waals surface area (Å²) in [6, 6.07) is 6.00. The van der Waals surface area contributed by atoms with E-state index in [1.807, 2.05) is 0 Å². The van der Waals surface area contributed by atoms with E-state index in [1.165, 1.54) is 12.1 Å². The maximum atomic E-state index is 11.7. The Balaban J connectivity index is 2.43. The van der Waals surface area contributed by atoms with Gasteiger partial charge in [0.1, 0.15) is 5.75 Å². The number of aromatic hydroxyl groups is 1. The summed E-state index contributed by atoms with van der Waals surface area (Å²) in [5.74, 6) is -0.149. The second-order valence-corrected chi connectivity index (χ2v) is 4.02. The first kappa shape index (κ1) is 13.4. The molecule has 1 aromatic carbocycles. The van der Waals surface area contributed by atoms with Gasteiger partial charge in [-0.15, -0.1) is 0 Å². The molecule has 0 spiro atoms. The zero-order valence-corrected chi connectivity index (χ0v) is 10.5. The van der Waals surface area contributed by atoms with E-state index in [-0.39, 0.29) is 11.7 Å². The first-order valence-electron chi connectivity index (χ1n) is 5.51. The Morgan fingerprint density at radius 3 is 2.59 bits per heavy atom. The lowest BCUT2D eigenvalue weighted by Gasteiger charge is -2.08. The maximum Gasteiger partial charge on any atom is 0.257 e. The number of rotatable bonds is 4. The van der Waals surface area contributed by atoms with E-state index >= 15 is 0 Å². The van der Waals surface area contributed by atoms with Crippen LogP contribution in [0.1, 0.15) is 30.1 Å². The van der Waals surface area contributed by atoms with Crippen molar-refractivity contribution in [3.8, 4) is 5.75 Å². The van der Waals surface area contributed by atoms with Crippen LogP contribution >= 0.6 is 12.2 Å². The lowest BCUT2D eigenvalue weighted by molar-refractivity contribution is 0.0976. The Kier molecular flexibility index (Phi) is 5.42. The third kappa shape index (κ3) is 4.82. The molecule has 0 saturated carbocycles. The number of amides is 1. The highest BCUT2D eigenvalue weighted by atomic mass is 32.1. The predicted octanol–water partition coefficient (Wildman–Crippen LogP) is 1.80. The van der Waals surface area contributed by atoms with Crippen molar-refractivity contribution >= 4 is 23.2 Å². The van der Waals surface area contributed by atoms with Crippen LogP contribution in [0, 0.1) is 0 Å². The monoisotopic (exact) mass is 252 g/mol. The van der Waals surface area contributed by atoms with E-state index in [0.717, 1.165) is 19.4 Å². The van der Waals surface area contributed by atoms with Crippen molar-refractivity contribution in [1.29, 1.82) is 0 Å². The van der Waals surface area contributed by atoms with Gasteiger partial charge in [0.25, 0.3) is 5.91 Å². The van der Waals surface area contributed by atoms with Gasteiger partial charge >= 0.3 is 0 Å². The van der Waals surface area contributed by atoms with Crippen LogP contribution in [0.5, 0.6) is 5.75 Å². The average molecular weight is 252 g/mol. The summed E-state index contributed by atoms with van der Waals surface area (Å²) in [6.45, 7) is 2.84. The first-order valence-corrected chi connectivity index (χ1v) is 5.92. The molecule has 0 aromatic heterocycles. The number of phenolic OH excluding ortho intramolecular Hbond substituents is 1. The summed E-state index contributed by atoms with van der Waals surface area (Å²) in [5.41, 5.74) is 0.461. The molecule has 92 valence electrons. The van der Waals surface area contributed by atoms with Crippen molar-refractivity contribution in [2.45, 2.75) is 19.8 Å². The molecule has 17 heavy (non-hydrogen) atoms. The fourth-order valence-electron chi connectivity index (χ4n) is 1.21. The van der Waals surface area contributed by atoms with Gasteiger partial charge in [-0.25, -0.2) is 0 Å². The third-order valence-electron chi connectivity index (χ3n) is 2.17. The van der Waals surface area contributed by atoms with Crippen LogP contribution in [0.15, 0.2) is 24.3 Å². The highest BCUT2D eigenvalue weighted by Crippen LogP contribution is 2.09. The van der Waals surface area contributed by atoms with Gasteiger partial charge in [-0.3, -0.25) is 10.1 Å². The van der Waals surface area contributed by atoms with Crippen molar-refractivity contribution in [2.24, 2.45) is 0 Å². The Hall–Kier alpha value is -1.62. The molecule has 1 aromatic rings. The van der Waals surface area contributed by atoms with Crippen molar-refractivity contribution in [2.75, 3.05) is 6.54 Å². The number of unbranched alkanes of at least 4 members (excludes halogenated alkanes) is 1. The van der Waals surface area contributed by atoms with E-state index < -0.39 is 0 Å². The van der Waals surface area contributed by atoms with E-state index in [9.17, 15) is 4.79 Å². The van der Waals surface area contributed by atoms with Gasteiger partial charge in [-0.2, -0.15) is 0 Å². The second-order valence-electron chi connectivity index (χ2n) is 3.61. The molecule has 0 bridgehead atoms. The van der Waals surface area contributed by atoms with Gasteiger partial charge in [0, 0.05) is 12.1 Å².